The van der Waals surface area contributed by atoms with E-state index in [-0.39, 0.29) is 11.6 Å². The van der Waals surface area contributed by atoms with Crippen molar-refractivity contribution in [3.8, 4) is 0 Å². The number of amides is 2. The highest BCUT2D eigenvalue weighted by molar-refractivity contribution is 5.74. The zero-order chi connectivity index (χ0) is 20.3. The second-order valence-electron chi connectivity index (χ2n) is 8.51. The van der Waals surface area contributed by atoms with Gasteiger partial charge in [0.15, 0.2) is 0 Å². The molecule has 0 aliphatic carbocycles. The Morgan fingerprint density at radius 3 is 2.50 bits per heavy atom. The van der Waals surface area contributed by atoms with Crippen LogP contribution in [-0.2, 0) is 18.5 Å². The number of carbonyl (C=O) groups excluding carboxylic acids is 1. The second-order valence-corrected chi connectivity index (χ2v) is 8.51. The van der Waals surface area contributed by atoms with Crippen LogP contribution >= 0.6 is 0 Å². The average Bonchev–Trinajstić information content (AvgIpc) is 3.24. The first-order valence-corrected chi connectivity index (χ1v) is 9.95. The third-order valence-electron chi connectivity index (χ3n) is 5.22. The van der Waals surface area contributed by atoms with Gasteiger partial charge in [-0.2, -0.15) is 5.10 Å². The normalized spacial score (nSPS) is 15.8. The van der Waals surface area contributed by atoms with E-state index in [0.717, 1.165) is 56.2 Å². The van der Waals surface area contributed by atoms with Gasteiger partial charge in [0.1, 0.15) is 5.76 Å². The van der Waals surface area contributed by atoms with E-state index in [2.05, 4.69) is 47.4 Å². The van der Waals surface area contributed by atoms with Gasteiger partial charge in [0.25, 0.3) is 0 Å². The summed E-state index contributed by atoms with van der Waals surface area (Å²) >= 11 is 0. The van der Waals surface area contributed by atoms with Gasteiger partial charge in [-0.15, -0.1) is 0 Å². The van der Waals surface area contributed by atoms with E-state index in [1.54, 1.807) is 0 Å². The predicted octanol–water partition coefficient (Wildman–Crippen LogP) is 2.31. The van der Waals surface area contributed by atoms with Gasteiger partial charge in [0, 0.05) is 56.6 Å². The third kappa shape index (κ3) is 4.92. The average molecular weight is 389 g/mol. The van der Waals surface area contributed by atoms with Gasteiger partial charge in [-0.25, -0.2) is 4.79 Å². The molecule has 0 aromatic carbocycles. The molecule has 3 heterocycles. The highest BCUT2D eigenvalue weighted by atomic mass is 16.5. The first-order chi connectivity index (χ1) is 13.2. The topological polar surface area (TPSA) is 79.4 Å². The SMILES string of the molecule is Cc1noc(C)c1CCNC(=O)N1CCN(Cc2cnn(C(C)(C)C)c2)CC1. The number of nitrogens with one attached hydrogen (secondary N) is 1. The van der Waals surface area contributed by atoms with Crippen LogP contribution in [0.15, 0.2) is 16.9 Å². The molecule has 0 bridgehead atoms. The summed E-state index contributed by atoms with van der Waals surface area (Å²) in [5.41, 5.74) is 3.20. The summed E-state index contributed by atoms with van der Waals surface area (Å²) in [5, 5.41) is 11.4. The first kappa shape index (κ1) is 20.4. The number of urea groups is 1. The highest BCUT2D eigenvalue weighted by Gasteiger charge is 2.22. The zero-order valence-corrected chi connectivity index (χ0v) is 17.7. The van der Waals surface area contributed by atoms with Crippen LogP contribution in [0.4, 0.5) is 4.79 Å². The first-order valence-electron chi connectivity index (χ1n) is 9.95. The Hall–Kier alpha value is -2.35. The maximum atomic E-state index is 12.4. The lowest BCUT2D eigenvalue weighted by Gasteiger charge is -2.34. The van der Waals surface area contributed by atoms with Crippen LogP contribution in [0.3, 0.4) is 0 Å². The van der Waals surface area contributed by atoms with Crippen LogP contribution in [0, 0.1) is 13.8 Å². The molecule has 0 unspecified atom stereocenters. The number of rotatable bonds is 5. The maximum absolute atomic E-state index is 12.4. The fraction of sp³-hybridized carbons (Fsp3) is 0.650. The van der Waals surface area contributed by atoms with E-state index in [1.807, 2.05) is 29.6 Å². The van der Waals surface area contributed by atoms with Gasteiger partial charge >= 0.3 is 6.03 Å². The lowest BCUT2D eigenvalue weighted by molar-refractivity contribution is 0.135. The monoisotopic (exact) mass is 388 g/mol. The lowest BCUT2D eigenvalue weighted by Crippen LogP contribution is -2.51. The van der Waals surface area contributed by atoms with Gasteiger partial charge < -0.3 is 14.7 Å². The fourth-order valence-electron chi connectivity index (χ4n) is 3.44. The zero-order valence-electron chi connectivity index (χ0n) is 17.7. The number of hydrogen-bond donors (Lipinski definition) is 1. The van der Waals surface area contributed by atoms with Gasteiger partial charge in [-0.05, 0) is 41.0 Å². The molecule has 1 aliphatic rings. The third-order valence-corrected chi connectivity index (χ3v) is 5.22. The van der Waals surface area contributed by atoms with Gasteiger partial charge in [-0.3, -0.25) is 9.58 Å². The molecule has 1 saturated heterocycles. The molecule has 2 aromatic heterocycles. The van der Waals surface area contributed by atoms with E-state index in [4.69, 9.17) is 4.52 Å². The van der Waals surface area contributed by atoms with Crippen LogP contribution in [0.2, 0.25) is 0 Å². The molecule has 8 heteroatoms. The summed E-state index contributed by atoms with van der Waals surface area (Å²) in [6, 6.07) is 0.00645. The summed E-state index contributed by atoms with van der Waals surface area (Å²) in [4.78, 5) is 16.7. The summed E-state index contributed by atoms with van der Waals surface area (Å²) in [6.45, 7) is 15.0. The van der Waals surface area contributed by atoms with Crippen molar-refractivity contribution in [2.45, 2.75) is 53.1 Å². The Morgan fingerprint density at radius 2 is 1.93 bits per heavy atom. The van der Waals surface area contributed by atoms with Crippen molar-refractivity contribution >= 4 is 6.03 Å². The Balaban J connectivity index is 1.41. The van der Waals surface area contributed by atoms with Crippen LogP contribution < -0.4 is 5.32 Å². The Bertz CT molecular complexity index is 776. The maximum Gasteiger partial charge on any atom is 0.317 e. The van der Waals surface area contributed by atoms with Gasteiger partial charge in [0.05, 0.1) is 17.4 Å². The quantitative estimate of drug-likeness (QED) is 0.850. The fourth-order valence-corrected chi connectivity index (χ4v) is 3.44. The van der Waals surface area contributed by atoms with E-state index in [0.29, 0.717) is 6.54 Å². The molecule has 1 fully saturated rings. The number of piperazine rings is 1. The van der Waals surface area contributed by atoms with Crippen LogP contribution in [0.25, 0.3) is 0 Å². The Morgan fingerprint density at radius 1 is 1.21 bits per heavy atom. The molecular weight excluding hydrogens is 356 g/mol. The smallest absolute Gasteiger partial charge is 0.317 e. The van der Waals surface area contributed by atoms with Crippen molar-refractivity contribution in [2.75, 3.05) is 32.7 Å². The molecule has 3 rings (SSSR count). The number of aryl methyl sites for hydroxylation is 2. The lowest BCUT2D eigenvalue weighted by atomic mass is 10.1. The Labute approximate surface area is 166 Å². The van der Waals surface area contributed by atoms with Crippen molar-refractivity contribution in [3.63, 3.8) is 0 Å². The Kier molecular flexibility index (Phi) is 6.07. The number of carbonyl (C=O) groups is 1. The molecule has 154 valence electrons. The molecule has 2 amide bonds. The summed E-state index contributed by atoms with van der Waals surface area (Å²) in [6.07, 6.45) is 4.80. The van der Waals surface area contributed by atoms with Crippen molar-refractivity contribution in [3.05, 3.63) is 35.0 Å². The minimum Gasteiger partial charge on any atom is -0.361 e. The van der Waals surface area contributed by atoms with Crippen molar-refractivity contribution in [1.29, 1.82) is 0 Å². The van der Waals surface area contributed by atoms with Gasteiger partial charge in [-0.1, -0.05) is 5.16 Å². The largest absolute Gasteiger partial charge is 0.361 e. The van der Waals surface area contributed by atoms with Crippen molar-refractivity contribution < 1.29 is 9.32 Å². The highest BCUT2D eigenvalue weighted by Crippen LogP contribution is 2.15. The van der Waals surface area contributed by atoms with E-state index < -0.39 is 0 Å². The molecule has 0 radical (unpaired) electrons. The molecule has 2 aromatic rings. The second kappa shape index (κ2) is 8.34. The van der Waals surface area contributed by atoms with E-state index in [9.17, 15) is 4.79 Å². The minimum atomic E-state index is -0.00135. The predicted molar refractivity (Wildman–Crippen MR) is 107 cm³/mol. The van der Waals surface area contributed by atoms with Gasteiger partial charge in [0.2, 0.25) is 0 Å². The summed E-state index contributed by atoms with van der Waals surface area (Å²) < 4.78 is 7.17. The van der Waals surface area contributed by atoms with E-state index in [1.165, 1.54) is 5.56 Å². The molecule has 0 atom stereocenters. The summed E-state index contributed by atoms with van der Waals surface area (Å²) in [7, 11) is 0. The molecule has 0 saturated carbocycles. The number of aromatic nitrogens is 3. The number of nitrogens with zero attached hydrogens (tertiary/aromatic N) is 5. The number of hydrogen-bond acceptors (Lipinski definition) is 5. The van der Waals surface area contributed by atoms with Crippen LogP contribution in [0.1, 0.15) is 43.4 Å². The molecular formula is C20H32N6O2. The molecule has 28 heavy (non-hydrogen) atoms. The standard InChI is InChI=1S/C20H32N6O2/c1-15-18(16(2)28-23-15)6-7-21-19(27)25-10-8-24(9-11-25)13-17-12-22-26(14-17)20(3,4)5/h12,14H,6-11,13H2,1-5H3,(H,21,27). The van der Waals surface area contributed by atoms with Crippen LogP contribution in [0.5, 0.6) is 0 Å². The molecule has 1 N–H and O–H groups in total. The molecule has 8 nitrogen and oxygen atoms in total. The minimum absolute atomic E-state index is 0.00135. The molecule has 1 aliphatic heterocycles. The van der Waals surface area contributed by atoms with E-state index >= 15 is 0 Å². The van der Waals surface area contributed by atoms with Crippen LogP contribution in [-0.4, -0.2) is 63.5 Å². The summed E-state index contributed by atoms with van der Waals surface area (Å²) in [5.74, 6) is 0.829. The molecule has 0 spiro atoms. The van der Waals surface area contributed by atoms with Crippen molar-refractivity contribution in [1.82, 2.24) is 30.1 Å². The van der Waals surface area contributed by atoms with Crippen molar-refractivity contribution in [2.24, 2.45) is 0 Å².